The Morgan fingerprint density at radius 3 is 2.11 bits per heavy atom. The van der Waals surface area contributed by atoms with E-state index in [0.29, 0.717) is 27.6 Å². The first kappa shape index (κ1) is 25.6. The van der Waals surface area contributed by atoms with Crippen LogP contribution in [0.25, 0.3) is 0 Å². The third-order valence-corrected chi connectivity index (χ3v) is 13.0. The lowest BCUT2D eigenvalue weighted by Gasteiger charge is -2.70. The molecule has 1 aromatic carbocycles. The first-order chi connectivity index (χ1) is 16.4. The largest absolute Gasteiger partial charge is 0.0850 e. The molecule has 0 aliphatic heterocycles. The number of fused-ring (bicyclic) bond motifs is 5. The van der Waals surface area contributed by atoms with E-state index in [-0.39, 0.29) is 0 Å². The van der Waals surface area contributed by atoms with Crippen molar-refractivity contribution in [3.05, 3.63) is 47.0 Å². The van der Waals surface area contributed by atoms with Gasteiger partial charge in [0.2, 0.25) is 0 Å². The molecule has 0 amide bonds. The predicted octanol–water partition coefficient (Wildman–Crippen LogP) is 10.5. The van der Waals surface area contributed by atoms with Gasteiger partial charge in [0.05, 0.1) is 0 Å². The topological polar surface area (TPSA) is 0 Å². The van der Waals surface area contributed by atoms with Gasteiger partial charge in [-0.1, -0.05) is 89.4 Å². The summed E-state index contributed by atoms with van der Waals surface area (Å²) in [5.41, 5.74) is 6.69. The van der Waals surface area contributed by atoms with Gasteiger partial charge in [-0.2, -0.15) is 0 Å². The van der Waals surface area contributed by atoms with Crippen LogP contribution in [0.1, 0.15) is 130 Å². The van der Waals surface area contributed by atoms with Crippen molar-refractivity contribution < 1.29 is 0 Å². The molecular formula is C35H54. The van der Waals surface area contributed by atoms with Crippen molar-refractivity contribution in [3.63, 3.8) is 0 Å². The number of allylic oxidation sites excluding steroid dienone is 2. The summed E-state index contributed by atoms with van der Waals surface area (Å²) in [7, 11) is 0. The molecule has 8 unspecified atom stereocenters. The van der Waals surface area contributed by atoms with E-state index in [1.165, 1.54) is 75.3 Å². The monoisotopic (exact) mass is 474 g/mol. The van der Waals surface area contributed by atoms with E-state index in [1.54, 1.807) is 5.57 Å². The molecule has 4 aliphatic carbocycles. The van der Waals surface area contributed by atoms with Crippen LogP contribution in [0.3, 0.4) is 0 Å². The molecule has 0 nitrogen and oxygen atoms in total. The molecule has 3 saturated carbocycles. The minimum absolute atomic E-state index is 0.477. The van der Waals surface area contributed by atoms with Crippen LogP contribution in [0.2, 0.25) is 0 Å². The van der Waals surface area contributed by atoms with Crippen molar-refractivity contribution in [2.75, 3.05) is 0 Å². The van der Waals surface area contributed by atoms with Gasteiger partial charge in [0, 0.05) is 0 Å². The van der Waals surface area contributed by atoms with Crippen LogP contribution in [0.5, 0.6) is 0 Å². The molecule has 35 heavy (non-hydrogen) atoms. The molecule has 0 N–H and O–H groups in total. The molecule has 0 bridgehead atoms. The first-order valence-corrected chi connectivity index (χ1v) is 15.1. The Morgan fingerprint density at radius 2 is 1.40 bits per heavy atom. The van der Waals surface area contributed by atoms with Crippen LogP contribution in [0.4, 0.5) is 0 Å². The Bertz CT molecular complexity index is 949. The maximum atomic E-state index is 2.77. The van der Waals surface area contributed by atoms with E-state index in [9.17, 15) is 0 Å². The fourth-order valence-corrected chi connectivity index (χ4v) is 11.1. The predicted molar refractivity (Wildman–Crippen MR) is 152 cm³/mol. The van der Waals surface area contributed by atoms with E-state index in [0.717, 1.165) is 23.7 Å². The second-order valence-electron chi connectivity index (χ2n) is 15.2. The normalized spacial score (nSPS) is 43.4. The maximum absolute atomic E-state index is 2.77. The average Bonchev–Trinajstić information content (AvgIpc) is 2.77. The number of rotatable bonds is 4. The summed E-state index contributed by atoms with van der Waals surface area (Å²) in [6.07, 6.45) is 17.0. The number of benzene rings is 1. The van der Waals surface area contributed by atoms with Gasteiger partial charge in [-0.05, 0) is 128 Å². The third kappa shape index (κ3) is 3.99. The third-order valence-electron chi connectivity index (χ3n) is 13.0. The molecule has 1 aromatic rings. The van der Waals surface area contributed by atoms with Crippen LogP contribution in [0.15, 0.2) is 35.9 Å². The lowest BCUT2D eigenvalue weighted by Crippen LogP contribution is -2.62. The lowest BCUT2D eigenvalue weighted by atomic mass is 9.35. The van der Waals surface area contributed by atoms with Crippen LogP contribution < -0.4 is 0 Å². The second kappa shape index (κ2) is 8.77. The van der Waals surface area contributed by atoms with Gasteiger partial charge in [-0.3, -0.25) is 0 Å². The van der Waals surface area contributed by atoms with Crippen molar-refractivity contribution in [3.8, 4) is 0 Å². The highest BCUT2D eigenvalue weighted by atomic mass is 14.7. The van der Waals surface area contributed by atoms with Gasteiger partial charge in [-0.25, -0.2) is 0 Å². The summed E-state index contributed by atoms with van der Waals surface area (Å²) in [6, 6.07) is 9.32. The van der Waals surface area contributed by atoms with Crippen molar-refractivity contribution in [2.45, 2.75) is 126 Å². The van der Waals surface area contributed by atoms with Crippen LogP contribution in [0, 0.1) is 52.3 Å². The van der Waals surface area contributed by atoms with Crippen molar-refractivity contribution in [2.24, 2.45) is 45.3 Å². The minimum atomic E-state index is 0.477. The minimum Gasteiger partial charge on any atom is -0.0850 e. The van der Waals surface area contributed by atoms with Gasteiger partial charge >= 0.3 is 0 Å². The second-order valence-corrected chi connectivity index (χ2v) is 15.2. The summed E-state index contributed by atoms with van der Waals surface area (Å²) in [6.45, 7) is 20.6. The molecule has 0 radical (unpaired) electrons. The molecule has 0 heterocycles. The van der Waals surface area contributed by atoms with E-state index in [1.807, 2.05) is 0 Å². The standard InChI is InChI=1S/C35H54/c1-24-10-14-27(15-11-24)25(2)12-16-28-26(3)13-17-30-33(28,6)22-19-31-34(7)21-9-20-32(4,5)29(34)18-23-35(30,31)8/h10-11,13-15,25,28-31H,9,12,16-23H2,1-8H3. The van der Waals surface area contributed by atoms with Gasteiger partial charge < -0.3 is 0 Å². The molecule has 4 aliphatic rings. The van der Waals surface area contributed by atoms with Gasteiger partial charge in [0.1, 0.15) is 0 Å². The highest BCUT2D eigenvalue weighted by Gasteiger charge is 2.65. The van der Waals surface area contributed by atoms with E-state index < -0.39 is 0 Å². The summed E-state index contributed by atoms with van der Waals surface area (Å²) in [4.78, 5) is 0. The van der Waals surface area contributed by atoms with Gasteiger partial charge in [0.15, 0.2) is 0 Å². The zero-order valence-corrected chi connectivity index (χ0v) is 24.3. The SMILES string of the molecule is CC1=CCC2C(C)(CCC3C4(C)CCCC(C)(C)C4CCC23C)C1CCC(C)c1ccc(C)cc1. The quantitative estimate of drug-likeness (QED) is 0.381. The molecule has 5 rings (SSSR count). The molecule has 0 aromatic heterocycles. The summed E-state index contributed by atoms with van der Waals surface area (Å²) in [5, 5.41) is 0. The van der Waals surface area contributed by atoms with Crippen LogP contribution >= 0.6 is 0 Å². The van der Waals surface area contributed by atoms with E-state index >= 15 is 0 Å². The molecule has 3 fully saturated rings. The molecule has 8 atom stereocenters. The first-order valence-electron chi connectivity index (χ1n) is 15.1. The number of hydrogen-bond donors (Lipinski definition) is 0. The molecule has 0 spiro atoms. The van der Waals surface area contributed by atoms with Crippen molar-refractivity contribution in [1.29, 1.82) is 0 Å². The highest BCUT2D eigenvalue weighted by molar-refractivity contribution is 5.25. The smallest absolute Gasteiger partial charge is 0.0149 e. The Kier molecular flexibility index (Phi) is 6.42. The zero-order valence-electron chi connectivity index (χ0n) is 24.3. The number of hydrogen-bond acceptors (Lipinski definition) is 0. The Hall–Kier alpha value is -1.04. The fourth-order valence-electron chi connectivity index (χ4n) is 11.1. The molecule has 0 heteroatoms. The Balaban J connectivity index is 1.39. The molecule has 0 saturated heterocycles. The van der Waals surface area contributed by atoms with Crippen LogP contribution in [-0.2, 0) is 0 Å². The van der Waals surface area contributed by atoms with Gasteiger partial charge in [-0.15, -0.1) is 0 Å². The summed E-state index contributed by atoms with van der Waals surface area (Å²) < 4.78 is 0. The molecule has 194 valence electrons. The van der Waals surface area contributed by atoms with Crippen molar-refractivity contribution in [1.82, 2.24) is 0 Å². The van der Waals surface area contributed by atoms with Crippen LogP contribution in [-0.4, -0.2) is 0 Å². The highest BCUT2D eigenvalue weighted by Crippen LogP contribution is 2.73. The Morgan fingerprint density at radius 1 is 0.771 bits per heavy atom. The fraction of sp³-hybridized carbons (Fsp3) is 0.771. The van der Waals surface area contributed by atoms with Crippen molar-refractivity contribution >= 4 is 0 Å². The average molecular weight is 475 g/mol. The van der Waals surface area contributed by atoms with E-state index in [4.69, 9.17) is 0 Å². The Labute approximate surface area is 217 Å². The number of aryl methyl sites for hydroxylation is 1. The summed E-state index contributed by atoms with van der Waals surface area (Å²) >= 11 is 0. The lowest BCUT2D eigenvalue weighted by molar-refractivity contribution is -0.199. The maximum Gasteiger partial charge on any atom is -0.0149 e. The van der Waals surface area contributed by atoms with Gasteiger partial charge in [0.25, 0.3) is 0 Å². The van der Waals surface area contributed by atoms with E-state index in [2.05, 4.69) is 85.7 Å². The summed E-state index contributed by atoms with van der Waals surface area (Å²) in [5.74, 6) is 4.13. The molecular weight excluding hydrogens is 420 g/mol. The zero-order chi connectivity index (χ0) is 25.2.